The van der Waals surface area contributed by atoms with Gasteiger partial charge in [0.15, 0.2) is 5.13 Å². The van der Waals surface area contributed by atoms with Crippen molar-refractivity contribution in [3.8, 4) is 5.75 Å². The van der Waals surface area contributed by atoms with E-state index in [2.05, 4.69) is 4.98 Å². The molecule has 1 heterocycles. The molecule has 9 heteroatoms. The van der Waals surface area contributed by atoms with Crippen molar-refractivity contribution in [1.82, 2.24) is 4.98 Å². The van der Waals surface area contributed by atoms with Gasteiger partial charge in [-0.25, -0.2) is 9.78 Å². The second kappa shape index (κ2) is 8.70. The Hall–Kier alpha value is -3.46. The van der Waals surface area contributed by atoms with Crippen LogP contribution in [0.4, 0.5) is 5.13 Å². The van der Waals surface area contributed by atoms with Crippen LogP contribution in [0.5, 0.6) is 5.75 Å². The molecule has 0 aliphatic heterocycles. The maximum Gasteiger partial charge on any atom is 0.343 e. The second-order valence-corrected chi connectivity index (χ2v) is 7.43. The van der Waals surface area contributed by atoms with E-state index in [1.807, 2.05) is 11.9 Å². The first-order valence-corrected chi connectivity index (χ1v) is 9.65. The highest BCUT2D eigenvalue weighted by Gasteiger charge is 2.14. The largest absolute Gasteiger partial charge is 0.481 e. The zero-order valence-electron chi connectivity index (χ0n) is 15.7. The van der Waals surface area contributed by atoms with Crippen LogP contribution in [-0.2, 0) is 4.79 Å². The summed E-state index contributed by atoms with van der Waals surface area (Å²) in [4.78, 5) is 29.5. The fraction of sp³-hybridized carbons (Fsp3) is 0.200. The minimum atomic E-state index is -0.818. The summed E-state index contributed by atoms with van der Waals surface area (Å²) >= 11 is 1.43. The summed E-state index contributed by atoms with van der Waals surface area (Å²) in [7, 11) is 1.86. The number of nitrogens with zero attached hydrogens (tertiary/aromatic N) is 2. The molecule has 0 bridgehead atoms. The molecular weight excluding hydrogens is 392 g/mol. The van der Waals surface area contributed by atoms with Crippen molar-refractivity contribution >= 4 is 44.5 Å². The average molecular weight is 412 g/mol. The predicted molar refractivity (Wildman–Crippen MR) is 112 cm³/mol. The highest BCUT2D eigenvalue weighted by molar-refractivity contribution is 7.22. The summed E-state index contributed by atoms with van der Waals surface area (Å²) < 4.78 is 6.22. The Morgan fingerprint density at radius 1 is 1.21 bits per heavy atom. The fourth-order valence-electron chi connectivity index (χ4n) is 2.63. The van der Waals surface area contributed by atoms with E-state index in [9.17, 15) is 9.59 Å². The number of nitrogens with two attached hydrogens (primary N) is 1. The van der Waals surface area contributed by atoms with Gasteiger partial charge in [-0.05, 0) is 48.9 Å². The predicted octanol–water partition coefficient (Wildman–Crippen LogP) is 3.10. The number of anilines is 1. The molecule has 0 aliphatic carbocycles. The molecule has 1 aromatic heterocycles. The molecule has 29 heavy (non-hydrogen) atoms. The number of carbonyl (C=O) groups excluding carboxylic acids is 1. The third kappa shape index (κ3) is 5.08. The molecule has 0 unspecified atom stereocenters. The third-order valence-corrected chi connectivity index (χ3v) is 5.33. The number of amidine groups is 1. The number of nitrogens with one attached hydrogen (secondary N) is 1. The number of hydrogen-bond acceptors (Lipinski definition) is 7. The lowest BCUT2D eigenvalue weighted by molar-refractivity contribution is -0.137. The summed E-state index contributed by atoms with van der Waals surface area (Å²) in [6.07, 6.45) is 0.639. The summed E-state index contributed by atoms with van der Waals surface area (Å²) in [6.45, 7) is 0.581. The van der Waals surface area contributed by atoms with Crippen LogP contribution in [0, 0.1) is 5.41 Å². The number of hydrogen-bond donors (Lipinski definition) is 3. The Kier molecular flexibility index (Phi) is 6.08. The molecule has 0 fully saturated rings. The van der Waals surface area contributed by atoms with Crippen LogP contribution in [0.15, 0.2) is 42.5 Å². The van der Waals surface area contributed by atoms with E-state index < -0.39 is 11.9 Å². The van der Waals surface area contributed by atoms with E-state index in [0.29, 0.717) is 29.8 Å². The zero-order valence-corrected chi connectivity index (χ0v) is 16.5. The minimum absolute atomic E-state index is 0.0535. The first kappa shape index (κ1) is 20.3. The molecule has 8 nitrogen and oxygen atoms in total. The molecule has 0 saturated carbocycles. The number of carboxylic acid groups (broad SMARTS) is 1. The van der Waals surface area contributed by atoms with Crippen LogP contribution in [0.2, 0.25) is 0 Å². The minimum Gasteiger partial charge on any atom is -0.481 e. The van der Waals surface area contributed by atoms with Gasteiger partial charge in [-0.15, -0.1) is 0 Å². The average Bonchev–Trinajstić information content (AvgIpc) is 3.11. The Bertz CT molecular complexity index is 1060. The lowest BCUT2D eigenvalue weighted by Crippen LogP contribution is -2.18. The van der Waals surface area contributed by atoms with Gasteiger partial charge in [-0.1, -0.05) is 11.3 Å². The van der Waals surface area contributed by atoms with E-state index in [1.54, 1.807) is 42.5 Å². The number of carbonyl (C=O) groups is 2. The molecule has 0 aliphatic rings. The van der Waals surface area contributed by atoms with Crippen LogP contribution >= 0.6 is 11.3 Å². The Labute approximate surface area is 171 Å². The first-order valence-electron chi connectivity index (χ1n) is 8.83. The van der Waals surface area contributed by atoms with Crippen molar-refractivity contribution in [3.63, 3.8) is 0 Å². The molecule has 3 rings (SSSR count). The van der Waals surface area contributed by atoms with Crippen molar-refractivity contribution in [3.05, 3.63) is 53.6 Å². The van der Waals surface area contributed by atoms with E-state index in [0.717, 1.165) is 15.3 Å². The quantitative estimate of drug-likeness (QED) is 0.224. The molecule has 3 aromatic rings. The molecule has 2 aromatic carbocycles. The number of nitrogen functional groups attached to an aromatic ring is 1. The van der Waals surface area contributed by atoms with Crippen molar-refractivity contribution in [2.45, 2.75) is 12.8 Å². The lowest BCUT2D eigenvalue weighted by atomic mass is 10.2. The molecule has 0 radical (unpaired) electrons. The van der Waals surface area contributed by atoms with Gasteiger partial charge in [0.1, 0.15) is 11.6 Å². The van der Waals surface area contributed by atoms with Gasteiger partial charge in [-0.3, -0.25) is 10.2 Å². The summed E-state index contributed by atoms with van der Waals surface area (Å²) in [5, 5.41) is 16.9. The summed E-state index contributed by atoms with van der Waals surface area (Å²) in [5.41, 5.74) is 7.13. The summed E-state index contributed by atoms with van der Waals surface area (Å²) in [6, 6.07) is 11.5. The molecule has 150 valence electrons. The second-order valence-electron chi connectivity index (χ2n) is 6.43. The van der Waals surface area contributed by atoms with Crippen LogP contribution in [-0.4, -0.2) is 41.5 Å². The van der Waals surface area contributed by atoms with Gasteiger partial charge in [0, 0.05) is 25.6 Å². The molecule has 0 saturated heterocycles. The van der Waals surface area contributed by atoms with Gasteiger partial charge in [0.2, 0.25) is 0 Å². The van der Waals surface area contributed by atoms with E-state index in [-0.39, 0.29) is 12.3 Å². The molecule has 0 spiro atoms. The Morgan fingerprint density at radius 2 is 1.90 bits per heavy atom. The van der Waals surface area contributed by atoms with E-state index in [4.69, 9.17) is 21.0 Å². The van der Waals surface area contributed by atoms with Gasteiger partial charge in [0.25, 0.3) is 0 Å². The number of ether oxygens (including phenoxy) is 1. The van der Waals surface area contributed by atoms with Crippen LogP contribution in [0.1, 0.15) is 28.8 Å². The van der Waals surface area contributed by atoms with Crippen LogP contribution in [0.25, 0.3) is 10.2 Å². The third-order valence-electron chi connectivity index (χ3n) is 4.20. The van der Waals surface area contributed by atoms with Crippen LogP contribution < -0.4 is 15.4 Å². The highest BCUT2D eigenvalue weighted by Crippen LogP contribution is 2.29. The number of rotatable bonds is 8. The van der Waals surface area contributed by atoms with Gasteiger partial charge >= 0.3 is 11.9 Å². The topological polar surface area (TPSA) is 130 Å². The highest BCUT2D eigenvalue weighted by atomic mass is 32.1. The number of aromatic nitrogens is 1. The zero-order chi connectivity index (χ0) is 21.0. The molecule has 0 amide bonds. The Morgan fingerprint density at radius 3 is 2.55 bits per heavy atom. The number of aliphatic carboxylic acids is 1. The van der Waals surface area contributed by atoms with Gasteiger partial charge in [0.05, 0.1) is 15.8 Å². The first-order chi connectivity index (χ1) is 13.8. The van der Waals surface area contributed by atoms with Gasteiger partial charge < -0.3 is 20.5 Å². The van der Waals surface area contributed by atoms with Crippen molar-refractivity contribution in [2.75, 3.05) is 18.5 Å². The normalized spacial score (nSPS) is 10.7. The summed E-state index contributed by atoms with van der Waals surface area (Å²) in [5.74, 6) is -1.00. The van der Waals surface area contributed by atoms with E-state index >= 15 is 0 Å². The maximum absolute atomic E-state index is 12.5. The standard InChI is InChI=1S/C20H20N4O4S/c1-24(10-2-3-17(25)26)20-23-15-9-6-13(11-16(15)29-20)19(27)28-14-7-4-12(5-8-14)18(21)22/h4-9,11H,2-3,10H2,1H3,(H3,21,22)(H,25,26). The lowest BCUT2D eigenvalue weighted by Gasteiger charge is -2.14. The number of esters is 1. The van der Waals surface area contributed by atoms with Crippen LogP contribution in [0.3, 0.4) is 0 Å². The van der Waals surface area contributed by atoms with Crippen molar-refractivity contribution < 1.29 is 19.4 Å². The smallest absolute Gasteiger partial charge is 0.343 e. The Balaban J connectivity index is 1.70. The molecule has 0 atom stereocenters. The monoisotopic (exact) mass is 412 g/mol. The van der Waals surface area contributed by atoms with Crippen molar-refractivity contribution in [2.24, 2.45) is 5.73 Å². The number of benzene rings is 2. The maximum atomic E-state index is 12.5. The number of fused-ring (bicyclic) bond motifs is 1. The number of thiazole rings is 1. The van der Waals surface area contributed by atoms with Crippen molar-refractivity contribution in [1.29, 1.82) is 5.41 Å². The molecule has 4 N–H and O–H groups in total. The molecular formula is C20H20N4O4S. The van der Waals surface area contributed by atoms with E-state index in [1.165, 1.54) is 11.3 Å². The van der Waals surface area contributed by atoms with Gasteiger partial charge in [-0.2, -0.15) is 0 Å². The SMILES string of the molecule is CN(CCCC(=O)O)c1nc2ccc(C(=O)Oc3ccc(C(=N)N)cc3)cc2s1. The fourth-order valence-corrected chi connectivity index (χ4v) is 3.63. The number of carboxylic acids is 1.